The molecule has 3 saturated carbocycles. The second kappa shape index (κ2) is 3.98. The van der Waals surface area contributed by atoms with Gasteiger partial charge in [-0.05, 0) is 49.4 Å². The van der Waals surface area contributed by atoms with Crippen LogP contribution in [0.15, 0.2) is 0 Å². The number of hydrogen-bond donors (Lipinski definition) is 2. The number of hydrogen-bond acceptors (Lipinski definition) is 2. The van der Waals surface area contributed by atoms with Crippen LogP contribution in [0.25, 0.3) is 0 Å². The predicted octanol–water partition coefficient (Wildman–Crippen LogP) is 1.67. The van der Waals surface area contributed by atoms with Crippen LogP contribution in [-0.2, 0) is 4.79 Å². The zero-order chi connectivity index (χ0) is 12.0. The van der Waals surface area contributed by atoms with Crippen molar-refractivity contribution in [3.63, 3.8) is 0 Å². The van der Waals surface area contributed by atoms with Gasteiger partial charge in [0.2, 0.25) is 5.91 Å². The third-order valence-electron chi connectivity index (χ3n) is 5.53. The van der Waals surface area contributed by atoms with Gasteiger partial charge in [-0.15, -0.1) is 0 Å². The van der Waals surface area contributed by atoms with Crippen LogP contribution in [0.5, 0.6) is 0 Å². The predicted molar refractivity (Wildman–Crippen MR) is 67.3 cm³/mol. The molecule has 0 radical (unpaired) electrons. The Morgan fingerprint density at radius 3 is 2.59 bits per heavy atom. The number of fused-ring (bicyclic) bond motifs is 2. The molecule has 0 heterocycles. The number of carbonyl (C=O) groups is 1. The van der Waals surface area contributed by atoms with E-state index in [-0.39, 0.29) is 17.9 Å². The maximum Gasteiger partial charge on any atom is 0.224 e. The first kappa shape index (κ1) is 11.5. The van der Waals surface area contributed by atoms with Crippen LogP contribution >= 0.6 is 0 Å². The molecule has 0 aromatic heterocycles. The fourth-order valence-electron chi connectivity index (χ4n) is 4.10. The molecular weight excluding hydrogens is 212 g/mol. The average Bonchev–Trinajstić information content (AvgIpc) is 2.83. The SMILES string of the molecule is CC1(CNC(=O)[C@H]2[C@@H]3CC[C@@H](C3)[C@H]2N)CCC1. The molecule has 4 atom stereocenters. The van der Waals surface area contributed by atoms with Crippen LogP contribution in [0.3, 0.4) is 0 Å². The van der Waals surface area contributed by atoms with Gasteiger partial charge in [0.1, 0.15) is 0 Å². The zero-order valence-corrected chi connectivity index (χ0v) is 10.7. The Morgan fingerprint density at radius 1 is 1.35 bits per heavy atom. The van der Waals surface area contributed by atoms with Crippen LogP contribution in [0, 0.1) is 23.2 Å². The van der Waals surface area contributed by atoms with Crippen molar-refractivity contribution in [1.82, 2.24) is 5.32 Å². The van der Waals surface area contributed by atoms with Crippen molar-refractivity contribution in [2.75, 3.05) is 6.54 Å². The molecule has 0 unspecified atom stereocenters. The summed E-state index contributed by atoms with van der Waals surface area (Å²) in [6.45, 7) is 3.13. The van der Waals surface area contributed by atoms with Gasteiger partial charge in [0.05, 0.1) is 5.92 Å². The molecule has 3 fully saturated rings. The van der Waals surface area contributed by atoms with Crippen molar-refractivity contribution in [3.05, 3.63) is 0 Å². The number of carbonyl (C=O) groups excluding carboxylic acids is 1. The molecule has 1 amide bonds. The van der Waals surface area contributed by atoms with E-state index in [4.69, 9.17) is 5.73 Å². The molecule has 0 aromatic carbocycles. The quantitative estimate of drug-likeness (QED) is 0.783. The summed E-state index contributed by atoms with van der Waals surface area (Å²) in [5.41, 5.74) is 6.56. The molecule has 17 heavy (non-hydrogen) atoms. The van der Waals surface area contributed by atoms with Crippen molar-refractivity contribution in [2.45, 2.75) is 51.5 Å². The van der Waals surface area contributed by atoms with Crippen LogP contribution in [0.2, 0.25) is 0 Å². The molecule has 3 rings (SSSR count). The molecule has 96 valence electrons. The van der Waals surface area contributed by atoms with E-state index >= 15 is 0 Å². The molecule has 3 aliphatic rings. The summed E-state index contributed by atoms with van der Waals surface area (Å²) in [4.78, 5) is 12.2. The van der Waals surface area contributed by atoms with Crippen molar-refractivity contribution >= 4 is 5.91 Å². The highest BCUT2D eigenvalue weighted by molar-refractivity contribution is 5.80. The Morgan fingerprint density at radius 2 is 2.06 bits per heavy atom. The smallest absolute Gasteiger partial charge is 0.224 e. The normalized spacial score (nSPS) is 42.2. The van der Waals surface area contributed by atoms with Gasteiger partial charge >= 0.3 is 0 Å². The van der Waals surface area contributed by atoms with Gasteiger partial charge in [0.25, 0.3) is 0 Å². The fraction of sp³-hybridized carbons (Fsp3) is 0.929. The second-order valence-electron chi connectivity index (χ2n) is 6.82. The molecule has 0 spiro atoms. The number of rotatable bonds is 3. The van der Waals surface area contributed by atoms with E-state index in [2.05, 4.69) is 12.2 Å². The fourth-order valence-corrected chi connectivity index (χ4v) is 4.10. The molecule has 2 bridgehead atoms. The van der Waals surface area contributed by atoms with Crippen LogP contribution in [0.1, 0.15) is 45.4 Å². The minimum absolute atomic E-state index is 0.109. The maximum atomic E-state index is 12.2. The van der Waals surface area contributed by atoms with Crippen LogP contribution < -0.4 is 11.1 Å². The first-order valence-corrected chi connectivity index (χ1v) is 7.12. The van der Waals surface area contributed by atoms with Crippen LogP contribution in [0.4, 0.5) is 0 Å². The summed E-state index contributed by atoms with van der Waals surface area (Å²) in [7, 11) is 0. The maximum absolute atomic E-state index is 12.2. The highest BCUT2D eigenvalue weighted by Crippen LogP contribution is 2.47. The van der Waals surface area contributed by atoms with Gasteiger partial charge in [-0.1, -0.05) is 13.3 Å². The standard InChI is InChI=1S/C14H24N2O/c1-14(5-2-6-14)8-16-13(17)11-9-3-4-10(7-9)12(11)15/h9-12H,2-8,15H2,1H3,(H,16,17)/t9-,10+,11+,12-/m1/s1. The number of nitrogens with two attached hydrogens (primary N) is 1. The minimum Gasteiger partial charge on any atom is -0.355 e. The molecule has 0 aliphatic heterocycles. The summed E-state index contributed by atoms with van der Waals surface area (Å²) >= 11 is 0. The number of nitrogens with one attached hydrogen (secondary N) is 1. The van der Waals surface area contributed by atoms with Crippen molar-refractivity contribution in [1.29, 1.82) is 0 Å². The first-order valence-electron chi connectivity index (χ1n) is 7.12. The van der Waals surface area contributed by atoms with E-state index in [0.717, 1.165) is 6.54 Å². The molecule has 3 nitrogen and oxygen atoms in total. The Hall–Kier alpha value is -0.570. The lowest BCUT2D eigenvalue weighted by molar-refractivity contribution is -0.127. The van der Waals surface area contributed by atoms with E-state index in [1.54, 1.807) is 0 Å². The summed E-state index contributed by atoms with van der Waals surface area (Å²) in [6.07, 6.45) is 7.49. The van der Waals surface area contributed by atoms with Crippen LogP contribution in [-0.4, -0.2) is 18.5 Å². The van der Waals surface area contributed by atoms with Gasteiger partial charge in [0, 0.05) is 12.6 Å². The molecule has 3 heteroatoms. The highest BCUT2D eigenvalue weighted by atomic mass is 16.1. The third-order valence-corrected chi connectivity index (χ3v) is 5.53. The molecule has 0 saturated heterocycles. The van der Waals surface area contributed by atoms with E-state index in [9.17, 15) is 4.79 Å². The first-order chi connectivity index (χ1) is 8.09. The van der Waals surface area contributed by atoms with Gasteiger partial charge in [0.15, 0.2) is 0 Å². The number of amides is 1. The van der Waals surface area contributed by atoms with E-state index in [1.165, 1.54) is 38.5 Å². The van der Waals surface area contributed by atoms with Gasteiger partial charge < -0.3 is 11.1 Å². The van der Waals surface area contributed by atoms with Crippen molar-refractivity contribution < 1.29 is 4.79 Å². The van der Waals surface area contributed by atoms with Gasteiger partial charge in [-0.25, -0.2) is 0 Å². The lowest BCUT2D eigenvalue weighted by atomic mass is 9.70. The molecule has 0 aromatic rings. The third kappa shape index (κ3) is 1.88. The Kier molecular flexibility index (Phi) is 2.69. The topological polar surface area (TPSA) is 55.1 Å². The summed E-state index contributed by atoms with van der Waals surface area (Å²) in [6, 6.07) is 0.128. The van der Waals surface area contributed by atoms with E-state index in [1.807, 2.05) is 0 Å². The Bertz CT molecular complexity index is 322. The molecule has 3 aliphatic carbocycles. The highest BCUT2D eigenvalue weighted by Gasteiger charge is 2.49. The van der Waals surface area contributed by atoms with E-state index in [0.29, 0.717) is 17.3 Å². The van der Waals surface area contributed by atoms with Crippen molar-refractivity contribution in [3.8, 4) is 0 Å². The molecule has 3 N–H and O–H groups in total. The van der Waals surface area contributed by atoms with Gasteiger partial charge in [-0.3, -0.25) is 4.79 Å². The Balaban J connectivity index is 1.56. The largest absolute Gasteiger partial charge is 0.355 e. The second-order valence-corrected chi connectivity index (χ2v) is 6.82. The average molecular weight is 236 g/mol. The Labute approximate surface area is 104 Å². The summed E-state index contributed by atoms with van der Waals surface area (Å²) in [5, 5.41) is 3.16. The van der Waals surface area contributed by atoms with Crippen molar-refractivity contribution in [2.24, 2.45) is 28.9 Å². The molecular formula is C14H24N2O. The zero-order valence-electron chi connectivity index (χ0n) is 10.7. The lowest BCUT2D eigenvalue weighted by Crippen LogP contribution is -2.48. The minimum atomic E-state index is 0.109. The van der Waals surface area contributed by atoms with Gasteiger partial charge in [-0.2, -0.15) is 0 Å². The summed E-state index contributed by atoms with van der Waals surface area (Å²) < 4.78 is 0. The lowest BCUT2D eigenvalue weighted by Gasteiger charge is -2.39. The van der Waals surface area contributed by atoms with E-state index < -0.39 is 0 Å². The summed E-state index contributed by atoms with van der Waals surface area (Å²) in [5.74, 6) is 1.54. The monoisotopic (exact) mass is 236 g/mol.